The Kier molecular flexibility index (Phi) is 5.61. The van der Waals surface area contributed by atoms with Gasteiger partial charge in [0.1, 0.15) is 17.9 Å². The van der Waals surface area contributed by atoms with Crippen LogP contribution < -0.4 is 0 Å². The first-order valence-electron chi connectivity index (χ1n) is 8.73. The quantitative estimate of drug-likeness (QED) is 0.532. The number of hydrogen-bond acceptors (Lipinski definition) is 5. The molecule has 9 heteroatoms. The zero-order valence-electron chi connectivity index (χ0n) is 15.3. The maximum Gasteiger partial charge on any atom is 0.307 e. The second kappa shape index (κ2) is 7.77. The molecule has 0 bridgehead atoms. The minimum Gasteiger partial charge on any atom is -0.338 e. The highest BCUT2D eigenvalue weighted by Gasteiger charge is 2.36. The fourth-order valence-corrected chi connectivity index (χ4v) is 3.58. The van der Waals surface area contributed by atoms with E-state index in [1.165, 1.54) is 22.6 Å². The summed E-state index contributed by atoms with van der Waals surface area (Å²) in [6.07, 6.45) is 2.48. The lowest BCUT2D eigenvalue weighted by atomic mass is 10.0. The first-order valence-corrected chi connectivity index (χ1v) is 9.53. The summed E-state index contributed by atoms with van der Waals surface area (Å²) in [6, 6.07) is 8.13. The number of carbonyl (C=O) groups is 1. The minimum atomic E-state index is -0.973. The van der Waals surface area contributed by atoms with Crippen LogP contribution in [-0.2, 0) is 16.9 Å². The van der Waals surface area contributed by atoms with Crippen molar-refractivity contribution >= 4 is 27.5 Å². The molecule has 2 heterocycles. The van der Waals surface area contributed by atoms with Gasteiger partial charge in [0.2, 0.25) is 5.91 Å². The monoisotopic (exact) mass is 435 g/mol. The van der Waals surface area contributed by atoms with Gasteiger partial charge in [-0.15, -0.1) is 0 Å². The molecule has 0 aliphatic carbocycles. The molecule has 0 unspecified atom stereocenters. The molecule has 1 aromatic carbocycles. The maximum atomic E-state index is 13.0. The predicted molar refractivity (Wildman–Crippen MR) is 104 cm³/mol. The number of piperazine rings is 1. The van der Waals surface area contributed by atoms with E-state index in [4.69, 9.17) is 0 Å². The first-order chi connectivity index (χ1) is 12.8. The van der Waals surface area contributed by atoms with Crippen LogP contribution in [0.25, 0.3) is 0 Å². The third kappa shape index (κ3) is 4.19. The summed E-state index contributed by atoms with van der Waals surface area (Å²) >= 11 is 3.57. The Balaban J connectivity index is 1.62. The van der Waals surface area contributed by atoms with Crippen LogP contribution in [0.1, 0.15) is 19.4 Å². The second-order valence-corrected chi connectivity index (χ2v) is 7.97. The van der Waals surface area contributed by atoms with Crippen molar-refractivity contribution in [1.82, 2.24) is 19.6 Å². The van der Waals surface area contributed by atoms with E-state index < -0.39 is 10.5 Å². The lowest BCUT2D eigenvalue weighted by molar-refractivity contribution is -0.385. The van der Waals surface area contributed by atoms with Crippen molar-refractivity contribution < 1.29 is 9.72 Å². The SMILES string of the molecule is CC(C)(C(=O)N1CCN(Cc2ccccc2Br)CC1)n1cc([N+](=O)[O-])cn1. The van der Waals surface area contributed by atoms with E-state index in [-0.39, 0.29) is 11.6 Å². The standard InChI is InChI=1S/C18H22BrN5O3/c1-18(2,23-13-15(11-20-23)24(26)27)17(25)22-9-7-21(8-10-22)12-14-5-3-4-6-16(14)19/h3-6,11,13H,7-10,12H2,1-2H3. The highest BCUT2D eigenvalue weighted by atomic mass is 79.9. The Hall–Kier alpha value is -2.26. The van der Waals surface area contributed by atoms with Crippen LogP contribution in [0.2, 0.25) is 0 Å². The molecule has 0 atom stereocenters. The molecular formula is C18H22BrN5O3. The molecule has 0 radical (unpaired) electrons. The van der Waals surface area contributed by atoms with E-state index in [0.717, 1.165) is 24.1 Å². The summed E-state index contributed by atoms with van der Waals surface area (Å²) in [5, 5.41) is 14.9. The van der Waals surface area contributed by atoms with Crippen LogP contribution in [-0.4, -0.2) is 56.6 Å². The van der Waals surface area contributed by atoms with E-state index in [9.17, 15) is 14.9 Å². The molecule has 0 N–H and O–H groups in total. The summed E-state index contributed by atoms with van der Waals surface area (Å²) in [6.45, 7) is 7.11. The molecule has 0 saturated carbocycles. The van der Waals surface area contributed by atoms with Gasteiger partial charge >= 0.3 is 5.69 Å². The molecule has 1 aliphatic rings. The highest BCUT2D eigenvalue weighted by Crippen LogP contribution is 2.23. The number of carbonyl (C=O) groups excluding carboxylic acids is 1. The predicted octanol–water partition coefficient (Wildman–Crippen LogP) is 2.63. The van der Waals surface area contributed by atoms with Crippen molar-refractivity contribution in [3.63, 3.8) is 0 Å². The smallest absolute Gasteiger partial charge is 0.307 e. The van der Waals surface area contributed by atoms with Gasteiger partial charge in [-0.3, -0.25) is 24.5 Å². The van der Waals surface area contributed by atoms with Gasteiger partial charge < -0.3 is 4.90 Å². The average molecular weight is 436 g/mol. The number of hydrogen-bond donors (Lipinski definition) is 0. The lowest BCUT2D eigenvalue weighted by Gasteiger charge is -2.38. The molecule has 3 rings (SSSR count). The minimum absolute atomic E-state index is 0.0824. The maximum absolute atomic E-state index is 13.0. The van der Waals surface area contributed by atoms with Crippen molar-refractivity contribution in [1.29, 1.82) is 0 Å². The van der Waals surface area contributed by atoms with Crippen LogP contribution in [0.15, 0.2) is 41.1 Å². The van der Waals surface area contributed by atoms with Crippen molar-refractivity contribution in [3.8, 4) is 0 Å². The zero-order chi connectivity index (χ0) is 19.6. The number of aromatic nitrogens is 2. The van der Waals surface area contributed by atoms with E-state index >= 15 is 0 Å². The summed E-state index contributed by atoms with van der Waals surface area (Å²) in [4.78, 5) is 27.5. The van der Waals surface area contributed by atoms with E-state index in [1.54, 1.807) is 13.8 Å². The van der Waals surface area contributed by atoms with Gasteiger partial charge in [-0.25, -0.2) is 0 Å². The Bertz CT molecular complexity index is 843. The third-order valence-electron chi connectivity index (χ3n) is 4.89. The molecular weight excluding hydrogens is 414 g/mol. The summed E-state index contributed by atoms with van der Waals surface area (Å²) in [5.41, 5.74) is 0.134. The molecule has 1 aliphatic heterocycles. The normalized spacial score (nSPS) is 15.7. The van der Waals surface area contributed by atoms with Crippen molar-refractivity contribution in [2.45, 2.75) is 25.9 Å². The topological polar surface area (TPSA) is 84.5 Å². The van der Waals surface area contributed by atoms with Crippen molar-refractivity contribution in [2.75, 3.05) is 26.2 Å². The van der Waals surface area contributed by atoms with Crippen LogP contribution in [0, 0.1) is 10.1 Å². The van der Waals surface area contributed by atoms with Gasteiger partial charge in [0.25, 0.3) is 0 Å². The molecule has 27 heavy (non-hydrogen) atoms. The van der Waals surface area contributed by atoms with Crippen molar-refractivity contribution in [2.24, 2.45) is 0 Å². The largest absolute Gasteiger partial charge is 0.338 e. The van der Waals surface area contributed by atoms with E-state index in [2.05, 4.69) is 32.0 Å². The molecule has 1 fully saturated rings. The number of nitrogens with zero attached hydrogens (tertiary/aromatic N) is 5. The molecule has 1 amide bonds. The summed E-state index contributed by atoms with van der Waals surface area (Å²) in [7, 11) is 0. The lowest BCUT2D eigenvalue weighted by Crippen LogP contribution is -2.54. The number of halogens is 1. The number of nitro groups is 1. The summed E-state index contributed by atoms with van der Waals surface area (Å²) < 4.78 is 2.46. The molecule has 2 aromatic rings. The van der Waals surface area contributed by atoms with Crippen molar-refractivity contribution in [3.05, 3.63) is 56.8 Å². The number of benzene rings is 1. The van der Waals surface area contributed by atoms with E-state index in [1.807, 2.05) is 23.1 Å². The molecule has 0 spiro atoms. The van der Waals surface area contributed by atoms with Gasteiger partial charge in [-0.2, -0.15) is 5.10 Å². The van der Waals surface area contributed by atoms with Gasteiger partial charge in [0.05, 0.1) is 4.92 Å². The van der Waals surface area contributed by atoms with Gasteiger partial charge in [-0.05, 0) is 25.5 Å². The molecule has 8 nitrogen and oxygen atoms in total. The van der Waals surface area contributed by atoms with Gasteiger partial charge in [-0.1, -0.05) is 34.1 Å². The number of rotatable bonds is 5. The Morgan fingerprint density at radius 3 is 2.52 bits per heavy atom. The third-order valence-corrected chi connectivity index (χ3v) is 5.66. The fourth-order valence-electron chi connectivity index (χ4n) is 3.17. The van der Waals surface area contributed by atoms with Gasteiger partial charge in [0.15, 0.2) is 0 Å². The zero-order valence-corrected chi connectivity index (χ0v) is 16.9. The average Bonchev–Trinajstić information content (AvgIpc) is 3.15. The Labute approximate surface area is 166 Å². The van der Waals surface area contributed by atoms with Crippen LogP contribution in [0.5, 0.6) is 0 Å². The molecule has 1 saturated heterocycles. The Morgan fingerprint density at radius 1 is 1.26 bits per heavy atom. The molecule has 1 aromatic heterocycles. The second-order valence-electron chi connectivity index (χ2n) is 7.12. The molecule has 144 valence electrons. The van der Waals surface area contributed by atoms with Crippen LogP contribution in [0.4, 0.5) is 5.69 Å². The fraction of sp³-hybridized carbons (Fsp3) is 0.444. The Morgan fingerprint density at radius 2 is 1.93 bits per heavy atom. The van der Waals surface area contributed by atoms with E-state index in [0.29, 0.717) is 13.1 Å². The van der Waals surface area contributed by atoms with Crippen LogP contribution >= 0.6 is 15.9 Å². The highest BCUT2D eigenvalue weighted by molar-refractivity contribution is 9.10. The van der Waals surface area contributed by atoms with Crippen LogP contribution in [0.3, 0.4) is 0 Å². The first kappa shape index (κ1) is 19.5. The van der Waals surface area contributed by atoms with Gasteiger partial charge in [0, 0.05) is 37.2 Å². The number of amides is 1. The summed E-state index contributed by atoms with van der Waals surface area (Å²) in [5.74, 6) is -0.0824.